The molecule has 0 saturated carbocycles. The van der Waals surface area contributed by atoms with Gasteiger partial charge < -0.3 is 19.9 Å². The molecule has 1 unspecified atom stereocenters. The molecule has 0 radical (unpaired) electrons. The second-order valence-electron chi connectivity index (χ2n) is 8.84. The molecule has 0 aliphatic rings. The summed E-state index contributed by atoms with van der Waals surface area (Å²) in [5.41, 5.74) is -1.45. The summed E-state index contributed by atoms with van der Waals surface area (Å²) in [6.07, 6.45) is 3.02. The zero-order chi connectivity index (χ0) is 25.7. The van der Waals surface area contributed by atoms with Crippen molar-refractivity contribution in [3.8, 4) is 23.0 Å². The molecule has 0 aliphatic heterocycles. The zero-order valence-electron chi connectivity index (χ0n) is 20.2. The van der Waals surface area contributed by atoms with Gasteiger partial charge in [0.05, 0.1) is 18.3 Å². The molecule has 0 aliphatic carbocycles. The van der Waals surface area contributed by atoms with Crippen LogP contribution >= 0.6 is 0 Å². The van der Waals surface area contributed by atoms with Crippen LogP contribution < -0.4 is 20.3 Å². The molecular weight excluding hydrogens is 462 g/mol. The number of aliphatic hydroxyl groups is 1. The number of nitrogens with one attached hydrogen (secondary N) is 1. The van der Waals surface area contributed by atoms with Crippen LogP contribution in [0.25, 0.3) is 0 Å². The lowest BCUT2D eigenvalue weighted by atomic mass is 10.1. The van der Waals surface area contributed by atoms with Gasteiger partial charge in [0.1, 0.15) is 23.3 Å². The molecule has 0 bridgehead atoms. The van der Waals surface area contributed by atoms with Gasteiger partial charge in [-0.05, 0) is 45.0 Å². The zero-order valence-corrected chi connectivity index (χ0v) is 20.2. The quantitative estimate of drug-likeness (QED) is 0.365. The van der Waals surface area contributed by atoms with E-state index >= 15 is 0 Å². The average Bonchev–Trinajstić information content (AvgIpc) is 3.24. The lowest BCUT2D eigenvalue weighted by molar-refractivity contribution is -0.119. The van der Waals surface area contributed by atoms with E-state index < -0.39 is 23.1 Å². The number of para-hydroxylation sites is 1. The summed E-state index contributed by atoms with van der Waals surface area (Å²) in [5, 5.41) is 20.9. The molecule has 0 fully saturated rings. The van der Waals surface area contributed by atoms with Crippen molar-refractivity contribution in [3.05, 3.63) is 89.5 Å². The molecule has 2 heterocycles. The molecule has 2 aromatic carbocycles. The number of aromatic nitrogens is 4. The van der Waals surface area contributed by atoms with E-state index in [0.29, 0.717) is 23.1 Å². The number of anilines is 1. The van der Waals surface area contributed by atoms with Gasteiger partial charge in [-0.2, -0.15) is 10.2 Å². The third-order valence-electron chi connectivity index (χ3n) is 5.01. The molecule has 10 heteroatoms. The number of benzene rings is 2. The number of ether oxygens (including phenoxy) is 2. The normalized spacial score (nSPS) is 12.1. The number of nitrogens with zero attached hydrogens (tertiary/aromatic N) is 4. The average molecular weight is 490 g/mol. The Morgan fingerprint density at radius 2 is 1.67 bits per heavy atom. The fourth-order valence-electron chi connectivity index (χ4n) is 3.36. The van der Waals surface area contributed by atoms with Gasteiger partial charge in [0, 0.05) is 24.4 Å². The number of carbonyl (C=O) groups excluding carboxylic acids is 1. The van der Waals surface area contributed by atoms with Crippen molar-refractivity contribution in [2.45, 2.75) is 39.0 Å². The van der Waals surface area contributed by atoms with E-state index in [9.17, 15) is 14.7 Å². The third-order valence-corrected chi connectivity index (χ3v) is 5.01. The molecule has 186 valence electrons. The maximum Gasteiger partial charge on any atom is 0.271 e. The van der Waals surface area contributed by atoms with E-state index in [1.54, 1.807) is 57.3 Å². The Kier molecular flexibility index (Phi) is 7.16. The van der Waals surface area contributed by atoms with Gasteiger partial charge in [-0.3, -0.25) is 14.3 Å². The highest BCUT2D eigenvalue weighted by Gasteiger charge is 2.20. The van der Waals surface area contributed by atoms with Crippen LogP contribution in [0.2, 0.25) is 0 Å². The summed E-state index contributed by atoms with van der Waals surface area (Å²) in [7, 11) is 0. The fraction of sp³-hybridized carbons (Fsp3) is 0.231. The third kappa shape index (κ3) is 6.57. The monoisotopic (exact) mass is 489 g/mol. The van der Waals surface area contributed by atoms with E-state index in [1.807, 2.05) is 30.3 Å². The summed E-state index contributed by atoms with van der Waals surface area (Å²) >= 11 is 0. The number of carbonyl (C=O) groups is 1. The first-order valence-electron chi connectivity index (χ1n) is 11.3. The fourth-order valence-corrected chi connectivity index (χ4v) is 3.36. The van der Waals surface area contributed by atoms with E-state index in [2.05, 4.69) is 15.5 Å². The first-order valence-corrected chi connectivity index (χ1v) is 11.3. The highest BCUT2D eigenvalue weighted by atomic mass is 16.5. The van der Waals surface area contributed by atoms with E-state index in [4.69, 9.17) is 9.47 Å². The number of hydrogen-bond donors (Lipinski definition) is 2. The van der Waals surface area contributed by atoms with Crippen LogP contribution in [0.3, 0.4) is 0 Å². The van der Waals surface area contributed by atoms with Crippen LogP contribution in [0.4, 0.5) is 5.82 Å². The van der Waals surface area contributed by atoms with Crippen molar-refractivity contribution < 1.29 is 19.4 Å². The Morgan fingerprint density at radius 1 is 1.00 bits per heavy atom. The largest absolute Gasteiger partial charge is 0.457 e. The summed E-state index contributed by atoms with van der Waals surface area (Å²) in [6, 6.07) is 18.3. The minimum absolute atomic E-state index is 0.228. The first kappa shape index (κ1) is 24.7. The van der Waals surface area contributed by atoms with E-state index in [-0.39, 0.29) is 12.3 Å². The van der Waals surface area contributed by atoms with Crippen LogP contribution in [0.1, 0.15) is 26.8 Å². The molecule has 2 aromatic heterocycles. The van der Waals surface area contributed by atoms with Gasteiger partial charge in [-0.15, -0.1) is 0 Å². The molecule has 36 heavy (non-hydrogen) atoms. The maximum atomic E-state index is 12.7. The first-order chi connectivity index (χ1) is 17.2. The van der Waals surface area contributed by atoms with Crippen LogP contribution in [-0.2, 0) is 11.3 Å². The highest BCUT2D eigenvalue weighted by molar-refractivity contribution is 5.92. The van der Waals surface area contributed by atoms with Crippen LogP contribution in [0.15, 0.2) is 83.9 Å². The predicted octanol–water partition coefficient (Wildman–Crippen LogP) is 4.00. The van der Waals surface area contributed by atoms with Crippen molar-refractivity contribution in [2.24, 2.45) is 0 Å². The molecule has 2 N–H and O–H groups in total. The Bertz CT molecular complexity index is 1390. The molecule has 4 rings (SSSR count). The van der Waals surface area contributed by atoms with Crippen molar-refractivity contribution in [1.82, 2.24) is 19.6 Å². The summed E-state index contributed by atoms with van der Waals surface area (Å²) in [4.78, 5) is 25.3. The molecule has 4 aromatic rings. The number of amides is 1. The lowest BCUT2D eigenvalue weighted by Crippen LogP contribution is -2.33. The van der Waals surface area contributed by atoms with Crippen molar-refractivity contribution in [3.63, 3.8) is 0 Å². The second-order valence-corrected chi connectivity index (χ2v) is 8.84. The molecule has 1 amide bonds. The van der Waals surface area contributed by atoms with Crippen molar-refractivity contribution in [2.75, 3.05) is 5.32 Å². The minimum atomic E-state index is -0.947. The molecule has 1 atom stereocenters. The van der Waals surface area contributed by atoms with Crippen LogP contribution in [0.5, 0.6) is 23.0 Å². The summed E-state index contributed by atoms with van der Waals surface area (Å²) in [6.45, 7) is 5.15. The summed E-state index contributed by atoms with van der Waals surface area (Å²) in [5.74, 6) is 1.81. The van der Waals surface area contributed by atoms with Crippen molar-refractivity contribution >= 4 is 11.7 Å². The minimum Gasteiger partial charge on any atom is -0.457 e. The number of hydrogen-bond acceptors (Lipinski definition) is 7. The van der Waals surface area contributed by atoms with Gasteiger partial charge in [-0.1, -0.05) is 24.3 Å². The lowest BCUT2D eigenvalue weighted by Gasteiger charge is -2.16. The van der Waals surface area contributed by atoms with Crippen LogP contribution in [-0.4, -0.2) is 36.2 Å². The number of rotatable bonds is 9. The smallest absolute Gasteiger partial charge is 0.271 e. The van der Waals surface area contributed by atoms with Gasteiger partial charge in [0.2, 0.25) is 5.91 Å². The van der Waals surface area contributed by atoms with Gasteiger partial charge in [0.15, 0.2) is 11.6 Å². The van der Waals surface area contributed by atoms with Gasteiger partial charge >= 0.3 is 0 Å². The maximum absolute atomic E-state index is 12.7. The Labute approximate surface area is 207 Å². The van der Waals surface area contributed by atoms with Crippen LogP contribution in [0, 0.1) is 0 Å². The SMILES string of the molecule is CC(C(=O)Nc1ccn(CC(C)(C)O)n1)n1ncc(Oc2cccc(Oc3ccccc3)c2)cc1=O. The van der Waals surface area contributed by atoms with Gasteiger partial charge in [-0.25, -0.2) is 4.68 Å². The second kappa shape index (κ2) is 10.4. The van der Waals surface area contributed by atoms with E-state index in [0.717, 1.165) is 4.68 Å². The standard InChI is InChI=1S/C26H27N5O5/c1-18(25(33)28-23-12-13-30(29-23)17-26(2,3)34)31-24(32)15-22(16-27-31)36-21-11-7-10-20(14-21)35-19-8-5-4-6-9-19/h4-16,18,34H,17H2,1-3H3,(H,28,29,33). The Balaban J connectivity index is 1.40. The van der Waals surface area contributed by atoms with Gasteiger partial charge in [0.25, 0.3) is 5.56 Å². The molecule has 0 spiro atoms. The highest BCUT2D eigenvalue weighted by Crippen LogP contribution is 2.27. The Hall–Kier alpha value is -4.44. The Morgan fingerprint density at radius 3 is 2.33 bits per heavy atom. The van der Waals surface area contributed by atoms with Crippen molar-refractivity contribution in [1.29, 1.82) is 0 Å². The summed E-state index contributed by atoms with van der Waals surface area (Å²) < 4.78 is 14.2. The molecule has 10 nitrogen and oxygen atoms in total. The topological polar surface area (TPSA) is 121 Å². The predicted molar refractivity (Wildman–Crippen MR) is 133 cm³/mol. The molecular formula is C26H27N5O5. The molecule has 0 saturated heterocycles. The van der Waals surface area contributed by atoms with E-state index in [1.165, 1.54) is 16.9 Å².